The largest absolute Gasteiger partial charge is 0.393 e. The molecule has 0 bridgehead atoms. The molecule has 1 aliphatic carbocycles. The zero-order chi connectivity index (χ0) is 11.4. The van der Waals surface area contributed by atoms with Gasteiger partial charge in [-0.15, -0.1) is 0 Å². The lowest BCUT2D eigenvalue weighted by atomic mass is 9.70. The van der Waals surface area contributed by atoms with Gasteiger partial charge in [-0.05, 0) is 12.8 Å². The van der Waals surface area contributed by atoms with Crippen LogP contribution >= 0.6 is 0 Å². The Balaban J connectivity index is 1.92. The maximum Gasteiger partial charge on any atom is 0.317 e. The predicted molar refractivity (Wildman–Crippen MR) is 45.4 cm³/mol. The lowest BCUT2D eigenvalue weighted by Gasteiger charge is -2.25. The van der Waals surface area contributed by atoms with Crippen LogP contribution in [0.3, 0.4) is 0 Å². The van der Waals surface area contributed by atoms with Crippen molar-refractivity contribution in [2.75, 3.05) is 0 Å². The van der Waals surface area contributed by atoms with Gasteiger partial charge in [-0.2, -0.15) is 0 Å². The average molecular weight is 224 g/mol. The van der Waals surface area contributed by atoms with Crippen LogP contribution in [0, 0.1) is 23.7 Å². The molecule has 3 fully saturated rings. The van der Waals surface area contributed by atoms with Crippen molar-refractivity contribution in [2.45, 2.75) is 12.8 Å². The van der Waals surface area contributed by atoms with E-state index in [1.54, 1.807) is 0 Å². The van der Waals surface area contributed by atoms with Gasteiger partial charge in [-0.3, -0.25) is 19.2 Å². The van der Waals surface area contributed by atoms with Crippen molar-refractivity contribution >= 4 is 23.9 Å². The molecule has 0 N–H and O–H groups in total. The highest BCUT2D eigenvalue weighted by molar-refractivity contribution is 6.01. The molecule has 6 nitrogen and oxygen atoms in total. The first kappa shape index (κ1) is 9.50. The second-order valence-corrected chi connectivity index (χ2v) is 4.38. The molecule has 0 aromatic carbocycles. The molecule has 6 heteroatoms. The Morgan fingerprint density at radius 3 is 1.12 bits per heavy atom. The van der Waals surface area contributed by atoms with E-state index in [-0.39, 0.29) is 12.8 Å². The van der Waals surface area contributed by atoms with Gasteiger partial charge in [0, 0.05) is 0 Å². The van der Waals surface area contributed by atoms with Crippen molar-refractivity contribution in [1.29, 1.82) is 0 Å². The van der Waals surface area contributed by atoms with Gasteiger partial charge in [0.05, 0.1) is 23.7 Å². The van der Waals surface area contributed by atoms with E-state index in [0.29, 0.717) is 0 Å². The number of ether oxygens (including phenoxy) is 2. The van der Waals surface area contributed by atoms with Crippen molar-refractivity contribution < 1.29 is 28.7 Å². The van der Waals surface area contributed by atoms with E-state index in [4.69, 9.17) is 0 Å². The fourth-order valence-corrected chi connectivity index (χ4v) is 2.75. The van der Waals surface area contributed by atoms with Crippen LogP contribution in [0.2, 0.25) is 0 Å². The van der Waals surface area contributed by atoms with E-state index in [9.17, 15) is 19.2 Å². The number of carbonyl (C=O) groups is 4. The normalized spacial score (nSPS) is 41.5. The molecular weight excluding hydrogens is 216 g/mol. The summed E-state index contributed by atoms with van der Waals surface area (Å²) in [6.07, 6.45) is 0.370. The van der Waals surface area contributed by atoms with Gasteiger partial charge in [-0.25, -0.2) is 0 Å². The Bertz CT molecular complexity index is 349. The Morgan fingerprint density at radius 2 is 0.875 bits per heavy atom. The zero-order valence-corrected chi connectivity index (χ0v) is 8.17. The number of hydrogen-bond donors (Lipinski definition) is 0. The Labute approximate surface area is 89.9 Å². The summed E-state index contributed by atoms with van der Waals surface area (Å²) in [7, 11) is 0. The van der Waals surface area contributed by atoms with Crippen molar-refractivity contribution in [3.05, 3.63) is 0 Å². The monoisotopic (exact) mass is 224 g/mol. The summed E-state index contributed by atoms with van der Waals surface area (Å²) in [6, 6.07) is 0. The fraction of sp³-hybridized carbons (Fsp3) is 0.600. The smallest absolute Gasteiger partial charge is 0.317 e. The van der Waals surface area contributed by atoms with E-state index in [0.717, 1.165) is 0 Å². The molecule has 3 rings (SSSR count). The molecule has 2 saturated heterocycles. The third kappa shape index (κ3) is 1.07. The fourth-order valence-electron chi connectivity index (χ4n) is 2.75. The van der Waals surface area contributed by atoms with Crippen LogP contribution < -0.4 is 0 Å². The number of fused-ring (bicyclic) bond motifs is 2. The minimum atomic E-state index is -0.583. The number of esters is 4. The van der Waals surface area contributed by atoms with Crippen molar-refractivity contribution in [3.63, 3.8) is 0 Å². The highest BCUT2D eigenvalue weighted by Crippen LogP contribution is 2.45. The minimum absolute atomic E-state index is 0.185. The average Bonchev–Trinajstić information content (AvgIpc) is 2.67. The van der Waals surface area contributed by atoms with Gasteiger partial charge in [-0.1, -0.05) is 0 Å². The molecule has 2 unspecified atom stereocenters. The van der Waals surface area contributed by atoms with Crippen LogP contribution in [-0.4, -0.2) is 23.9 Å². The SMILES string of the molecule is O=C1OC(=O)C2C[C@H]3C(=O)OC(=O)[C@H]3CC12. The number of hydrogen-bond acceptors (Lipinski definition) is 6. The molecule has 84 valence electrons. The minimum Gasteiger partial charge on any atom is -0.393 e. The third-order valence-electron chi connectivity index (χ3n) is 3.60. The first-order valence-electron chi connectivity index (χ1n) is 5.09. The summed E-state index contributed by atoms with van der Waals surface area (Å²) in [5, 5.41) is 0. The molecular formula is C10H8O6. The summed E-state index contributed by atoms with van der Waals surface area (Å²) < 4.78 is 9.01. The Morgan fingerprint density at radius 1 is 0.625 bits per heavy atom. The molecule has 0 aromatic heterocycles. The summed E-state index contributed by atoms with van der Waals surface area (Å²) in [6.45, 7) is 0. The van der Waals surface area contributed by atoms with Crippen molar-refractivity contribution in [2.24, 2.45) is 23.7 Å². The number of carbonyl (C=O) groups excluding carboxylic acids is 4. The van der Waals surface area contributed by atoms with Gasteiger partial charge >= 0.3 is 23.9 Å². The van der Waals surface area contributed by atoms with Crippen LogP contribution in [0.4, 0.5) is 0 Å². The molecule has 4 atom stereocenters. The lowest BCUT2D eigenvalue weighted by molar-refractivity contribution is -0.154. The highest BCUT2D eigenvalue weighted by Gasteiger charge is 2.57. The van der Waals surface area contributed by atoms with E-state index >= 15 is 0 Å². The van der Waals surface area contributed by atoms with Gasteiger partial charge in [0.1, 0.15) is 0 Å². The second-order valence-electron chi connectivity index (χ2n) is 4.38. The summed E-state index contributed by atoms with van der Waals surface area (Å²) in [5.74, 6) is -4.64. The quantitative estimate of drug-likeness (QED) is 0.404. The second kappa shape index (κ2) is 2.90. The highest BCUT2D eigenvalue weighted by atomic mass is 16.6. The Hall–Kier alpha value is -1.72. The third-order valence-corrected chi connectivity index (χ3v) is 3.60. The van der Waals surface area contributed by atoms with E-state index < -0.39 is 47.5 Å². The number of cyclic esters (lactones) is 4. The molecule has 2 aliphatic heterocycles. The zero-order valence-electron chi connectivity index (χ0n) is 8.17. The predicted octanol–water partition coefficient (Wildman–Crippen LogP) is -0.588. The van der Waals surface area contributed by atoms with Crippen LogP contribution in [0.15, 0.2) is 0 Å². The van der Waals surface area contributed by atoms with Crippen LogP contribution in [0.1, 0.15) is 12.8 Å². The molecule has 0 radical (unpaired) electrons. The lowest BCUT2D eigenvalue weighted by Crippen LogP contribution is -2.35. The molecule has 2 heterocycles. The molecule has 3 aliphatic rings. The van der Waals surface area contributed by atoms with Crippen molar-refractivity contribution in [1.82, 2.24) is 0 Å². The topological polar surface area (TPSA) is 86.7 Å². The van der Waals surface area contributed by atoms with Crippen LogP contribution in [0.25, 0.3) is 0 Å². The molecule has 0 spiro atoms. The summed E-state index contributed by atoms with van der Waals surface area (Å²) >= 11 is 0. The molecule has 0 amide bonds. The van der Waals surface area contributed by atoms with Crippen LogP contribution in [-0.2, 0) is 28.7 Å². The summed E-state index contributed by atoms with van der Waals surface area (Å²) in [5.41, 5.74) is 0. The van der Waals surface area contributed by atoms with Gasteiger partial charge in [0.2, 0.25) is 0 Å². The van der Waals surface area contributed by atoms with E-state index in [2.05, 4.69) is 9.47 Å². The Kier molecular flexibility index (Phi) is 1.72. The van der Waals surface area contributed by atoms with Crippen LogP contribution in [0.5, 0.6) is 0 Å². The first-order valence-corrected chi connectivity index (χ1v) is 5.09. The van der Waals surface area contributed by atoms with E-state index in [1.165, 1.54) is 0 Å². The molecule has 0 aromatic rings. The first-order chi connectivity index (χ1) is 7.58. The van der Waals surface area contributed by atoms with Crippen molar-refractivity contribution in [3.8, 4) is 0 Å². The maximum atomic E-state index is 11.3. The summed E-state index contributed by atoms with van der Waals surface area (Å²) in [4.78, 5) is 45.3. The number of rotatable bonds is 0. The maximum absolute atomic E-state index is 11.3. The molecule has 16 heavy (non-hydrogen) atoms. The standard InChI is InChI=1S/C10H8O6/c11-7-3-1-4-6(10(14)16-8(4)12)2-5(3)9(13)15-7/h3-6H,1-2H2/t3-,4?,5+,6?. The van der Waals surface area contributed by atoms with Gasteiger partial charge in [0.25, 0.3) is 0 Å². The van der Waals surface area contributed by atoms with E-state index in [1.807, 2.05) is 0 Å². The van der Waals surface area contributed by atoms with Gasteiger partial charge < -0.3 is 9.47 Å². The molecule has 1 saturated carbocycles. The van der Waals surface area contributed by atoms with Gasteiger partial charge in [0.15, 0.2) is 0 Å².